The summed E-state index contributed by atoms with van der Waals surface area (Å²) in [7, 11) is -2.23. The van der Waals surface area contributed by atoms with Crippen molar-refractivity contribution in [2.45, 2.75) is 11.8 Å². The molecule has 0 aliphatic carbocycles. The highest BCUT2D eigenvalue weighted by atomic mass is 32.2. The van der Waals surface area contributed by atoms with Crippen molar-refractivity contribution in [3.05, 3.63) is 109 Å². The maximum atomic E-state index is 13.5. The highest BCUT2D eigenvalue weighted by Gasteiger charge is 2.27. The second kappa shape index (κ2) is 9.01. The Hall–Kier alpha value is -3.31. The number of aryl methyl sites for hydroxylation is 1. The monoisotopic (exact) mass is 419 g/mol. The Morgan fingerprint density at radius 2 is 1.70 bits per heavy atom. The van der Waals surface area contributed by atoms with E-state index in [1.165, 1.54) is 4.31 Å². The largest absolute Gasteiger partial charge is 0.497 e. The summed E-state index contributed by atoms with van der Waals surface area (Å²) in [6, 6.07) is 21.8. The van der Waals surface area contributed by atoms with E-state index < -0.39 is 10.0 Å². The van der Waals surface area contributed by atoms with E-state index in [2.05, 4.69) is 13.2 Å². The Morgan fingerprint density at radius 3 is 2.30 bits per heavy atom. The van der Waals surface area contributed by atoms with Gasteiger partial charge in [-0.3, -0.25) is 4.31 Å². The van der Waals surface area contributed by atoms with Gasteiger partial charge in [0.05, 0.1) is 24.2 Å². The lowest BCUT2D eigenvalue weighted by Gasteiger charge is -2.26. The molecule has 0 saturated carbocycles. The third-order valence-corrected chi connectivity index (χ3v) is 6.62. The van der Waals surface area contributed by atoms with Crippen LogP contribution in [0.1, 0.15) is 16.7 Å². The van der Waals surface area contributed by atoms with Gasteiger partial charge in [0.2, 0.25) is 0 Å². The van der Waals surface area contributed by atoms with Crippen molar-refractivity contribution >= 4 is 21.3 Å². The molecule has 0 amide bonds. The Kier molecular flexibility index (Phi) is 6.43. The lowest BCUT2D eigenvalue weighted by atomic mass is 9.97. The molecule has 0 saturated heterocycles. The summed E-state index contributed by atoms with van der Waals surface area (Å²) in [4.78, 5) is 0.224. The number of hydrogen-bond acceptors (Lipinski definition) is 3. The molecule has 0 bridgehead atoms. The van der Waals surface area contributed by atoms with Crippen molar-refractivity contribution < 1.29 is 13.2 Å². The molecule has 0 heterocycles. The summed E-state index contributed by atoms with van der Waals surface area (Å²) in [6.45, 7) is 10.0. The summed E-state index contributed by atoms with van der Waals surface area (Å²) >= 11 is 0. The van der Waals surface area contributed by atoms with Gasteiger partial charge in [0.25, 0.3) is 10.0 Å². The number of hydrogen-bond donors (Lipinski definition) is 0. The van der Waals surface area contributed by atoms with Crippen molar-refractivity contribution in [2.75, 3.05) is 18.0 Å². The average molecular weight is 420 g/mol. The van der Waals surface area contributed by atoms with Gasteiger partial charge in [0.15, 0.2) is 0 Å². The topological polar surface area (TPSA) is 46.6 Å². The number of ether oxygens (including phenoxy) is 1. The van der Waals surface area contributed by atoms with Gasteiger partial charge in [0, 0.05) is 5.56 Å². The zero-order valence-electron chi connectivity index (χ0n) is 17.2. The van der Waals surface area contributed by atoms with Crippen LogP contribution < -0.4 is 9.04 Å². The molecule has 0 atom stereocenters. The predicted molar refractivity (Wildman–Crippen MR) is 123 cm³/mol. The predicted octanol–water partition coefficient (Wildman–Crippen LogP) is 5.45. The third kappa shape index (κ3) is 4.31. The maximum Gasteiger partial charge on any atom is 0.264 e. The SMILES string of the molecule is C=CCN(c1ccc(OC)cc1C(=C)c1ccccc1)S(=O)(=O)c1ccc(C)cc1. The molecular formula is C25H25NO3S. The molecule has 0 fully saturated rings. The minimum atomic E-state index is -3.81. The van der Waals surface area contributed by atoms with E-state index >= 15 is 0 Å². The Bertz CT molecular complexity index is 1150. The van der Waals surface area contributed by atoms with E-state index in [1.54, 1.807) is 49.6 Å². The van der Waals surface area contributed by atoms with E-state index in [9.17, 15) is 8.42 Å². The number of methoxy groups -OCH3 is 1. The van der Waals surface area contributed by atoms with Crippen molar-refractivity contribution in [1.29, 1.82) is 0 Å². The van der Waals surface area contributed by atoms with Crippen LogP contribution in [0.15, 0.2) is 96.9 Å². The zero-order valence-corrected chi connectivity index (χ0v) is 18.0. The molecule has 4 nitrogen and oxygen atoms in total. The number of benzene rings is 3. The Labute approximate surface area is 178 Å². The maximum absolute atomic E-state index is 13.5. The van der Waals surface area contributed by atoms with E-state index in [-0.39, 0.29) is 11.4 Å². The lowest BCUT2D eigenvalue weighted by Crippen LogP contribution is -2.32. The fraction of sp³-hybridized carbons (Fsp3) is 0.120. The van der Waals surface area contributed by atoms with Crippen LogP contribution in [-0.4, -0.2) is 22.1 Å². The van der Waals surface area contributed by atoms with Crippen molar-refractivity contribution in [1.82, 2.24) is 0 Å². The van der Waals surface area contributed by atoms with Gasteiger partial charge in [-0.15, -0.1) is 6.58 Å². The summed E-state index contributed by atoms with van der Waals surface area (Å²) in [6.07, 6.45) is 1.57. The normalized spacial score (nSPS) is 11.0. The summed E-state index contributed by atoms with van der Waals surface area (Å²) in [5.74, 6) is 0.622. The van der Waals surface area contributed by atoms with E-state index in [0.717, 1.165) is 11.1 Å². The average Bonchev–Trinajstić information content (AvgIpc) is 2.77. The van der Waals surface area contributed by atoms with Gasteiger partial charge in [0.1, 0.15) is 5.75 Å². The molecule has 154 valence electrons. The number of rotatable bonds is 8. The summed E-state index contributed by atoms with van der Waals surface area (Å²) < 4.78 is 33.8. The molecule has 0 aromatic heterocycles. The van der Waals surface area contributed by atoms with E-state index in [1.807, 2.05) is 43.3 Å². The molecule has 3 aromatic carbocycles. The van der Waals surface area contributed by atoms with Gasteiger partial charge in [-0.05, 0) is 48.4 Å². The summed E-state index contributed by atoms with van der Waals surface area (Å²) in [5.41, 5.74) is 3.80. The van der Waals surface area contributed by atoms with Crippen molar-refractivity contribution in [2.24, 2.45) is 0 Å². The van der Waals surface area contributed by atoms with Gasteiger partial charge >= 0.3 is 0 Å². The van der Waals surface area contributed by atoms with Gasteiger partial charge in [-0.25, -0.2) is 8.42 Å². The van der Waals surface area contributed by atoms with Crippen LogP contribution in [0.2, 0.25) is 0 Å². The molecule has 30 heavy (non-hydrogen) atoms. The first kappa shape index (κ1) is 21.4. The third-order valence-electron chi connectivity index (χ3n) is 4.82. The van der Waals surface area contributed by atoms with Crippen LogP contribution in [0, 0.1) is 6.92 Å². The quantitative estimate of drug-likeness (QED) is 0.456. The number of nitrogens with zero attached hydrogens (tertiary/aromatic N) is 1. The highest BCUT2D eigenvalue weighted by Crippen LogP contribution is 2.36. The van der Waals surface area contributed by atoms with Gasteiger partial charge < -0.3 is 4.74 Å². The molecule has 0 unspecified atom stereocenters. The first-order valence-corrected chi connectivity index (χ1v) is 11.0. The molecular weight excluding hydrogens is 394 g/mol. The van der Waals surface area contributed by atoms with Gasteiger partial charge in [-0.2, -0.15) is 0 Å². The van der Waals surface area contributed by atoms with Crippen LogP contribution in [0.5, 0.6) is 5.75 Å². The lowest BCUT2D eigenvalue weighted by molar-refractivity contribution is 0.414. The molecule has 0 aliphatic rings. The van der Waals surface area contributed by atoms with Crippen LogP contribution in [0.4, 0.5) is 5.69 Å². The van der Waals surface area contributed by atoms with E-state index in [0.29, 0.717) is 22.6 Å². The molecule has 3 rings (SSSR count). The van der Waals surface area contributed by atoms with E-state index in [4.69, 9.17) is 4.74 Å². The van der Waals surface area contributed by atoms with Crippen LogP contribution >= 0.6 is 0 Å². The van der Waals surface area contributed by atoms with Gasteiger partial charge in [-0.1, -0.05) is 60.7 Å². The number of sulfonamides is 1. The standard InChI is InChI=1S/C25H25NO3S/c1-5-17-26(30(27,28)23-14-11-19(2)12-15-23)25-16-13-22(29-4)18-24(25)20(3)21-9-7-6-8-10-21/h5-16,18H,1,3,17H2,2,4H3. The minimum absolute atomic E-state index is 0.123. The first-order valence-electron chi connectivity index (χ1n) is 9.51. The molecule has 5 heteroatoms. The van der Waals surface area contributed by atoms with Crippen LogP contribution in [0.3, 0.4) is 0 Å². The molecule has 3 aromatic rings. The van der Waals surface area contributed by atoms with Crippen LogP contribution in [0.25, 0.3) is 5.57 Å². The minimum Gasteiger partial charge on any atom is -0.497 e. The molecule has 0 N–H and O–H groups in total. The second-order valence-corrected chi connectivity index (χ2v) is 8.73. The second-order valence-electron chi connectivity index (χ2n) is 6.87. The van der Waals surface area contributed by atoms with Crippen LogP contribution in [-0.2, 0) is 10.0 Å². The first-order chi connectivity index (χ1) is 14.4. The summed E-state index contributed by atoms with van der Waals surface area (Å²) in [5, 5.41) is 0. The van der Waals surface area contributed by atoms with Crippen molar-refractivity contribution in [3.63, 3.8) is 0 Å². The Balaban J connectivity index is 2.18. The fourth-order valence-electron chi connectivity index (χ4n) is 3.18. The fourth-order valence-corrected chi connectivity index (χ4v) is 4.63. The molecule has 0 radical (unpaired) electrons. The number of anilines is 1. The zero-order chi connectivity index (χ0) is 21.7. The Morgan fingerprint density at radius 1 is 1.03 bits per heavy atom. The molecule has 0 spiro atoms. The highest BCUT2D eigenvalue weighted by molar-refractivity contribution is 7.92. The molecule has 0 aliphatic heterocycles. The van der Waals surface area contributed by atoms with Crippen molar-refractivity contribution in [3.8, 4) is 5.75 Å². The smallest absolute Gasteiger partial charge is 0.264 e.